The van der Waals surface area contributed by atoms with Crippen LogP contribution in [-0.4, -0.2) is 235 Å². The number of benzene rings is 1. The minimum atomic E-state index is -0.843. The van der Waals surface area contributed by atoms with Crippen molar-refractivity contribution < 1.29 is 90.7 Å². The summed E-state index contributed by atoms with van der Waals surface area (Å²) in [7, 11) is 0. The number of carbonyl (C=O) groups excluding carboxylic acids is 4. The summed E-state index contributed by atoms with van der Waals surface area (Å²) in [6.45, 7) is 28.1. The minimum absolute atomic E-state index is 0.0701. The molecule has 1 aromatic carbocycles. The number of rotatable bonds is 61. The zero-order valence-electron chi connectivity index (χ0n) is 52.5. The summed E-state index contributed by atoms with van der Waals surface area (Å²) in [4.78, 5) is 50.3. The fourth-order valence-electron chi connectivity index (χ4n) is 7.48. The van der Waals surface area contributed by atoms with Crippen LogP contribution in [0.5, 0.6) is 0 Å². The molecule has 0 aliphatic heterocycles. The lowest BCUT2D eigenvalue weighted by Gasteiger charge is -2.23. The number of amides is 4. The molecule has 0 aliphatic carbocycles. The van der Waals surface area contributed by atoms with E-state index in [1.807, 2.05) is 13.8 Å². The molecule has 28 heteroatoms. The molecule has 2 rings (SSSR count). The number of primary amides is 1. The van der Waals surface area contributed by atoms with Gasteiger partial charge in [0.2, 0.25) is 11.8 Å². The van der Waals surface area contributed by atoms with Crippen LogP contribution in [0.3, 0.4) is 0 Å². The van der Waals surface area contributed by atoms with Crippen molar-refractivity contribution in [2.24, 2.45) is 23.0 Å². The van der Waals surface area contributed by atoms with Gasteiger partial charge < -0.3 is 98.5 Å². The number of ether oxygens (including phenoxy) is 14. The van der Waals surface area contributed by atoms with Crippen LogP contribution in [0.2, 0.25) is 0 Å². The first-order chi connectivity index (χ1) is 42.1. The molecule has 2 atom stereocenters. The van der Waals surface area contributed by atoms with E-state index in [9.17, 15) is 19.2 Å². The van der Waals surface area contributed by atoms with Gasteiger partial charge >= 0.3 is 6.03 Å². The Morgan fingerprint density at radius 3 is 1.48 bits per heavy atom. The number of ketones is 1. The van der Waals surface area contributed by atoms with Crippen LogP contribution in [0.15, 0.2) is 42.9 Å². The van der Waals surface area contributed by atoms with Crippen molar-refractivity contribution in [3.63, 3.8) is 0 Å². The molecule has 1 heterocycles. The Labute approximate surface area is 514 Å². The van der Waals surface area contributed by atoms with Gasteiger partial charge in [0.05, 0.1) is 197 Å². The van der Waals surface area contributed by atoms with Gasteiger partial charge in [0, 0.05) is 31.2 Å². The van der Waals surface area contributed by atoms with Crippen molar-refractivity contribution >= 4 is 29.3 Å². The van der Waals surface area contributed by atoms with E-state index in [1.54, 1.807) is 40.6 Å². The van der Waals surface area contributed by atoms with E-state index < -0.39 is 29.8 Å². The maximum Gasteiger partial charge on any atom is 0.312 e. The van der Waals surface area contributed by atoms with Gasteiger partial charge in [-0.2, -0.15) is 5.48 Å². The van der Waals surface area contributed by atoms with Crippen LogP contribution < -0.4 is 32.5 Å². The molecule has 2 aromatic rings. The third-order valence-electron chi connectivity index (χ3n) is 12.1. The number of nitrogens with one attached hydrogen (secondary N) is 5. The highest BCUT2D eigenvalue weighted by molar-refractivity contribution is 5.97. The monoisotopic (exact) mass is 1240 g/mol. The fourth-order valence-corrected chi connectivity index (χ4v) is 7.48. The van der Waals surface area contributed by atoms with Gasteiger partial charge in [0.25, 0.3) is 0 Å². The molecular weight excluding hydrogens is 1140 g/mol. The highest BCUT2D eigenvalue weighted by Crippen LogP contribution is 2.20. The number of hydrogen-bond donors (Lipinski definition) is 7. The average molecular weight is 1240 g/mol. The van der Waals surface area contributed by atoms with Gasteiger partial charge in [0.15, 0.2) is 11.7 Å². The second-order valence-electron chi connectivity index (χ2n) is 21.4. The summed E-state index contributed by atoms with van der Waals surface area (Å²) in [5, 5.41) is 28.3. The predicted octanol–water partition coefficient (Wildman–Crippen LogP) is 3.18. The molecule has 0 aliphatic rings. The van der Waals surface area contributed by atoms with E-state index in [0.29, 0.717) is 208 Å². The molecule has 0 saturated carbocycles. The standard InChI is InChI=1S/C59H105N9O19/c1-48(2)42-54(65-56(70)45-63-73)55(69)43-51(8-7-14-61-58(60)72)57(71)64-52-11-9-50(10-12-52)47-87-49(3)62-44-53-46-68(67-66-53)15-17-75-19-21-77-23-25-79-27-29-81-31-33-83-35-37-85-39-41-86-40-38-84-36-34-82-32-30-80-28-26-78-24-22-76-20-18-74-16-13-59(4,5)6/h9-12,46,48,51,54,62-63,73H,3,7-8,13-45,47H2,1-2,4-6H3,(H,64,71)(H,65,70)(H3,60,61,72)/t51-,54+/m1/s1. The Balaban J connectivity index is 1.37. The van der Waals surface area contributed by atoms with Gasteiger partial charge in [-0.1, -0.05) is 52.0 Å². The zero-order chi connectivity index (χ0) is 63.3. The van der Waals surface area contributed by atoms with Crippen molar-refractivity contribution in [2.45, 2.75) is 92.5 Å². The number of anilines is 1. The average Bonchev–Trinajstić information content (AvgIpc) is 4.05. The van der Waals surface area contributed by atoms with Gasteiger partial charge in [-0.15, -0.1) is 5.10 Å². The van der Waals surface area contributed by atoms with E-state index in [-0.39, 0.29) is 49.7 Å². The summed E-state index contributed by atoms with van der Waals surface area (Å²) in [5.41, 5.74) is 9.25. The number of nitrogens with zero attached hydrogens (tertiary/aromatic N) is 3. The number of hydroxylamine groups is 1. The maximum absolute atomic E-state index is 13.5. The predicted molar refractivity (Wildman–Crippen MR) is 322 cm³/mol. The van der Waals surface area contributed by atoms with Crippen LogP contribution in [-0.2, 0) is 100 Å². The number of aromatic nitrogens is 3. The number of carbonyl (C=O) groups is 4. The lowest BCUT2D eigenvalue weighted by atomic mass is 9.90. The molecule has 87 heavy (non-hydrogen) atoms. The quantitative estimate of drug-likeness (QED) is 0.0284. The van der Waals surface area contributed by atoms with Crippen molar-refractivity contribution in [3.05, 3.63) is 54.2 Å². The highest BCUT2D eigenvalue weighted by Gasteiger charge is 2.28. The largest absolute Gasteiger partial charge is 0.475 e. The second-order valence-corrected chi connectivity index (χ2v) is 21.4. The van der Waals surface area contributed by atoms with Gasteiger partial charge in [-0.05, 0) is 61.3 Å². The zero-order valence-corrected chi connectivity index (χ0v) is 52.5. The molecule has 0 fully saturated rings. The summed E-state index contributed by atoms with van der Waals surface area (Å²) in [6.07, 6.45) is 3.71. The van der Waals surface area contributed by atoms with Gasteiger partial charge in [-0.25, -0.2) is 9.48 Å². The summed E-state index contributed by atoms with van der Waals surface area (Å²) in [6, 6.07) is 5.49. The first kappa shape index (κ1) is 78.1. The Morgan fingerprint density at radius 2 is 1.07 bits per heavy atom. The van der Waals surface area contributed by atoms with Gasteiger partial charge in [-0.3, -0.25) is 14.4 Å². The van der Waals surface area contributed by atoms with Crippen molar-refractivity contribution in [1.82, 2.24) is 36.4 Å². The number of hydrogen-bond acceptors (Lipinski definition) is 23. The summed E-state index contributed by atoms with van der Waals surface area (Å²) >= 11 is 0. The van der Waals surface area contributed by atoms with Crippen LogP contribution in [0.4, 0.5) is 10.5 Å². The maximum atomic E-state index is 13.5. The van der Waals surface area contributed by atoms with Crippen LogP contribution in [0, 0.1) is 17.3 Å². The van der Waals surface area contributed by atoms with Crippen LogP contribution >= 0.6 is 0 Å². The lowest BCUT2D eigenvalue weighted by molar-refractivity contribution is -0.130. The lowest BCUT2D eigenvalue weighted by Crippen LogP contribution is -2.45. The molecule has 1 aromatic heterocycles. The Hall–Kier alpha value is -5.02. The first-order valence-corrected chi connectivity index (χ1v) is 30.2. The molecule has 0 unspecified atom stereocenters. The third kappa shape index (κ3) is 47.6. The molecule has 28 nitrogen and oxygen atoms in total. The minimum Gasteiger partial charge on any atom is -0.475 e. The molecule has 0 bridgehead atoms. The molecule has 8 N–H and O–H groups in total. The normalized spacial score (nSPS) is 12.3. The molecular formula is C59H105N9O19. The third-order valence-corrected chi connectivity index (χ3v) is 12.1. The Bertz CT molecular complexity index is 2040. The molecule has 0 radical (unpaired) electrons. The van der Waals surface area contributed by atoms with Crippen LogP contribution in [0.25, 0.3) is 0 Å². The van der Waals surface area contributed by atoms with E-state index in [1.165, 1.54) is 0 Å². The first-order valence-electron chi connectivity index (χ1n) is 30.2. The fraction of sp³-hybridized carbons (Fsp3) is 0.763. The summed E-state index contributed by atoms with van der Waals surface area (Å²) in [5.74, 6) is -1.62. The van der Waals surface area contributed by atoms with E-state index in [0.717, 1.165) is 18.6 Å². The number of nitrogens with two attached hydrogens (primary N) is 1. The van der Waals surface area contributed by atoms with Gasteiger partial charge in [0.1, 0.15) is 12.3 Å². The van der Waals surface area contributed by atoms with E-state index >= 15 is 0 Å². The molecule has 500 valence electrons. The Morgan fingerprint density at radius 1 is 0.632 bits per heavy atom. The topological polar surface area (TPSA) is 335 Å². The number of Topliss-reactive ketones (excluding diaryl/α,β-unsaturated/α-hetero) is 1. The molecule has 0 saturated heterocycles. The highest BCUT2D eigenvalue weighted by atomic mass is 16.6. The SMILES string of the molecule is C=C(NCc1cn(CCOCCOCCOCCOCCOCCOCCOCCOCCOCCOCCOCCOCCOCCC(C)(C)C)nn1)OCc1ccc(NC(=O)[C@H](CCCNC(N)=O)CC(=O)[C@H](CC(C)C)NC(=O)CNO)cc1. The molecule has 0 spiro atoms. The Kier molecular flexibility index (Phi) is 47.5. The van der Waals surface area contributed by atoms with E-state index in [2.05, 4.69) is 58.9 Å². The summed E-state index contributed by atoms with van der Waals surface area (Å²) < 4.78 is 79.6. The second kappa shape index (κ2) is 52.9. The number of urea groups is 1. The van der Waals surface area contributed by atoms with Crippen molar-refractivity contribution in [3.8, 4) is 0 Å². The van der Waals surface area contributed by atoms with Crippen LogP contribution in [0.1, 0.15) is 78.0 Å². The van der Waals surface area contributed by atoms with Crippen molar-refractivity contribution in [2.75, 3.05) is 190 Å². The smallest absolute Gasteiger partial charge is 0.312 e. The van der Waals surface area contributed by atoms with E-state index in [4.69, 9.17) is 77.3 Å². The molecule has 4 amide bonds. The van der Waals surface area contributed by atoms with Crippen molar-refractivity contribution in [1.29, 1.82) is 0 Å².